The number of hydrogen-bond acceptors (Lipinski definition) is 2. The fraction of sp³-hybridized carbons (Fsp3) is 0.143. The minimum atomic E-state index is -1.34. The van der Waals surface area contributed by atoms with Gasteiger partial charge in [-0.1, -0.05) is 30.3 Å². The molecule has 62 valence electrons. The van der Waals surface area contributed by atoms with Gasteiger partial charge in [0.15, 0.2) is 6.29 Å². The van der Waals surface area contributed by atoms with Gasteiger partial charge in [-0.05, 0) is 0 Å². The second-order valence-electron chi connectivity index (χ2n) is 1.78. The molecule has 4 nitrogen and oxygen atoms in total. The maximum atomic E-state index is 8.58. The lowest BCUT2D eigenvalue weighted by atomic mass is 10.2. The summed E-state index contributed by atoms with van der Waals surface area (Å²) in [6.45, 7) is 0. The van der Waals surface area contributed by atoms with Gasteiger partial charge >= 0.3 is 0 Å². The summed E-state index contributed by atoms with van der Waals surface area (Å²) in [5.41, 5.74) is 0.525. The molecule has 0 atom stereocenters. The highest BCUT2D eigenvalue weighted by Crippen LogP contribution is 2.06. The third-order valence-corrected chi connectivity index (χ3v) is 1.10. The maximum Gasteiger partial charge on any atom is 0.178 e. The van der Waals surface area contributed by atoms with Crippen molar-refractivity contribution in [2.75, 3.05) is 0 Å². The van der Waals surface area contributed by atoms with Gasteiger partial charge in [0.05, 0.1) is 0 Å². The minimum Gasteiger partial charge on any atom is -0.364 e. The van der Waals surface area contributed by atoms with E-state index in [0.717, 1.165) is 0 Å². The lowest BCUT2D eigenvalue weighted by Gasteiger charge is -1.99. The number of aliphatic hydroxyl groups is 2. The van der Waals surface area contributed by atoms with Crippen LogP contribution in [-0.2, 0) is 0 Å². The molecular formula is C7H10O4. The summed E-state index contributed by atoms with van der Waals surface area (Å²) in [6.07, 6.45) is -1.34. The Morgan fingerprint density at radius 1 is 0.909 bits per heavy atom. The average molecular weight is 158 g/mol. The van der Waals surface area contributed by atoms with Gasteiger partial charge in [0.2, 0.25) is 0 Å². The van der Waals surface area contributed by atoms with Gasteiger partial charge < -0.3 is 10.2 Å². The van der Waals surface area contributed by atoms with Crippen LogP contribution in [0, 0.1) is 0 Å². The summed E-state index contributed by atoms with van der Waals surface area (Å²) in [4.78, 5) is 0. The molecule has 0 spiro atoms. The quantitative estimate of drug-likeness (QED) is 0.442. The Balaban J connectivity index is 0. The minimum absolute atomic E-state index is 0. The van der Waals surface area contributed by atoms with Gasteiger partial charge in [-0.25, -0.2) is 0 Å². The van der Waals surface area contributed by atoms with Gasteiger partial charge in [-0.3, -0.25) is 11.0 Å². The van der Waals surface area contributed by atoms with Crippen LogP contribution in [0.2, 0.25) is 0 Å². The highest BCUT2D eigenvalue weighted by atomic mass is 16.5. The van der Waals surface area contributed by atoms with Crippen LogP contribution in [0.1, 0.15) is 11.9 Å². The van der Waals surface area contributed by atoms with E-state index in [0.29, 0.717) is 5.56 Å². The van der Waals surface area contributed by atoms with Crippen molar-refractivity contribution in [2.24, 2.45) is 0 Å². The van der Waals surface area contributed by atoms with E-state index in [2.05, 4.69) is 0 Å². The van der Waals surface area contributed by atoms with E-state index in [1.165, 1.54) is 0 Å². The average Bonchev–Trinajstić information content (AvgIpc) is 1.90. The third kappa shape index (κ3) is 3.69. The van der Waals surface area contributed by atoms with E-state index < -0.39 is 6.29 Å². The molecule has 2 radical (unpaired) electrons. The van der Waals surface area contributed by atoms with E-state index in [-0.39, 0.29) is 11.0 Å². The van der Waals surface area contributed by atoms with Gasteiger partial charge in [0.1, 0.15) is 0 Å². The summed E-state index contributed by atoms with van der Waals surface area (Å²) < 4.78 is 0. The van der Waals surface area contributed by atoms with Crippen LogP contribution in [0.25, 0.3) is 0 Å². The highest BCUT2D eigenvalue weighted by molar-refractivity contribution is 5.15. The van der Waals surface area contributed by atoms with Gasteiger partial charge in [-0.15, -0.1) is 0 Å². The Hall–Kier alpha value is -0.940. The second-order valence-corrected chi connectivity index (χ2v) is 1.78. The van der Waals surface area contributed by atoms with Crippen molar-refractivity contribution in [2.45, 2.75) is 6.29 Å². The molecule has 0 bridgehead atoms. The standard InChI is InChI=1S/C7H8O2.2HO/c8-7(9)6-4-2-1-3-5-6;;/h1-5,7-9H;2*1H. The van der Waals surface area contributed by atoms with Crippen molar-refractivity contribution in [1.29, 1.82) is 0 Å². The molecule has 0 saturated heterocycles. The Morgan fingerprint density at radius 2 is 1.36 bits per heavy atom. The van der Waals surface area contributed by atoms with Crippen LogP contribution in [0.4, 0.5) is 0 Å². The van der Waals surface area contributed by atoms with E-state index >= 15 is 0 Å². The van der Waals surface area contributed by atoms with E-state index in [4.69, 9.17) is 10.2 Å². The lowest BCUT2D eigenvalue weighted by molar-refractivity contribution is -0.0424. The van der Waals surface area contributed by atoms with Crippen molar-refractivity contribution in [3.63, 3.8) is 0 Å². The molecule has 0 unspecified atom stereocenters. The van der Waals surface area contributed by atoms with Crippen LogP contribution in [-0.4, -0.2) is 21.2 Å². The molecular weight excluding hydrogens is 148 g/mol. The normalized spacial score (nSPS) is 8.27. The van der Waals surface area contributed by atoms with E-state index in [9.17, 15) is 0 Å². The predicted molar refractivity (Wildman–Crippen MR) is 37.5 cm³/mol. The molecule has 4 heteroatoms. The molecule has 0 aromatic heterocycles. The molecule has 0 aliphatic carbocycles. The molecule has 0 fully saturated rings. The summed E-state index contributed by atoms with van der Waals surface area (Å²) in [5.74, 6) is 0. The van der Waals surface area contributed by atoms with Crippen molar-refractivity contribution in [3.05, 3.63) is 35.9 Å². The summed E-state index contributed by atoms with van der Waals surface area (Å²) in [5, 5.41) is 17.2. The maximum absolute atomic E-state index is 8.58. The van der Waals surface area contributed by atoms with Gasteiger partial charge in [0, 0.05) is 5.56 Å². The molecule has 0 saturated carbocycles. The topological polar surface area (TPSA) is 100 Å². The smallest absolute Gasteiger partial charge is 0.178 e. The summed E-state index contributed by atoms with van der Waals surface area (Å²) in [6, 6.07) is 8.66. The van der Waals surface area contributed by atoms with Crippen LogP contribution in [0.5, 0.6) is 0 Å². The van der Waals surface area contributed by atoms with Crippen molar-refractivity contribution < 1.29 is 21.2 Å². The fourth-order valence-electron chi connectivity index (χ4n) is 0.625. The Kier molecular flexibility index (Phi) is 6.72. The predicted octanol–water partition coefficient (Wildman–Crippen LogP) is 0.316. The zero-order valence-corrected chi connectivity index (χ0v) is 5.75. The first-order valence-electron chi connectivity index (χ1n) is 2.72. The van der Waals surface area contributed by atoms with Crippen LogP contribution >= 0.6 is 0 Å². The van der Waals surface area contributed by atoms with Crippen molar-refractivity contribution >= 4 is 0 Å². The first-order chi connectivity index (χ1) is 4.30. The van der Waals surface area contributed by atoms with E-state index in [1.807, 2.05) is 6.07 Å². The second kappa shape index (κ2) is 5.82. The molecule has 0 amide bonds. The Labute approximate surface area is 64.3 Å². The van der Waals surface area contributed by atoms with Crippen molar-refractivity contribution in [1.82, 2.24) is 0 Å². The summed E-state index contributed by atoms with van der Waals surface area (Å²) in [7, 11) is 0. The molecule has 0 aliphatic heterocycles. The van der Waals surface area contributed by atoms with Crippen LogP contribution < -0.4 is 0 Å². The molecule has 1 aromatic rings. The van der Waals surface area contributed by atoms with Crippen LogP contribution in [0.3, 0.4) is 0 Å². The molecule has 0 aliphatic rings. The SMILES string of the molecule is OC(O)c1ccccc1.[OH].[OH]. The first kappa shape index (κ1) is 12.7. The monoisotopic (exact) mass is 158 g/mol. The first-order valence-corrected chi connectivity index (χ1v) is 2.72. The third-order valence-electron chi connectivity index (χ3n) is 1.10. The number of hydrogen-bond donors (Lipinski definition) is 4. The Bertz CT molecular complexity index is 173. The van der Waals surface area contributed by atoms with Gasteiger partial charge in [-0.2, -0.15) is 0 Å². The number of aliphatic hydroxyl groups excluding tert-OH is 1. The van der Waals surface area contributed by atoms with Crippen LogP contribution in [0.15, 0.2) is 30.3 Å². The van der Waals surface area contributed by atoms with Gasteiger partial charge in [0.25, 0.3) is 0 Å². The molecule has 0 heterocycles. The number of benzene rings is 1. The molecule has 11 heavy (non-hydrogen) atoms. The fourth-order valence-corrected chi connectivity index (χ4v) is 0.625. The molecule has 4 N–H and O–H groups in total. The zero-order valence-electron chi connectivity index (χ0n) is 5.75. The number of rotatable bonds is 1. The van der Waals surface area contributed by atoms with E-state index in [1.54, 1.807) is 24.3 Å². The Morgan fingerprint density at radius 3 is 1.64 bits per heavy atom. The summed E-state index contributed by atoms with van der Waals surface area (Å²) >= 11 is 0. The highest BCUT2D eigenvalue weighted by Gasteiger charge is 1.97. The molecule has 1 rings (SSSR count). The zero-order chi connectivity index (χ0) is 6.69. The molecule has 1 aromatic carbocycles. The lowest BCUT2D eigenvalue weighted by Crippen LogP contribution is -1.92. The van der Waals surface area contributed by atoms with Crippen molar-refractivity contribution in [3.8, 4) is 0 Å². The largest absolute Gasteiger partial charge is 0.364 e.